The molecule has 0 radical (unpaired) electrons. The maximum Gasteiger partial charge on any atom is 0.435 e. The minimum atomic E-state index is -5.20. The highest BCUT2D eigenvalue weighted by Gasteiger charge is 2.38. The van der Waals surface area contributed by atoms with E-state index >= 15 is 0 Å². The third-order valence-corrected chi connectivity index (χ3v) is 5.19. The van der Waals surface area contributed by atoms with E-state index in [2.05, 4.69) is 10.3 Å². The van der Waals surface area contributed by atoms with Gasteiger partial charge in [0.2, 0.25) is 5.95 Å². The molecule has 0 saturated carbocycles. The summed E-state index contributed by atoms with van der Waals surface area (Å²) >= 11 is 17.4. The second kappa shape index (κ2) is 9.55. The van der Waals surface area contributed by atoms with Gasteiger partial charge in [-0.3, -0.25) is 19.5 Å². The minimum absolute atomic E-state index is 0.124. The highest BCUT2D eigenvalue weighted by molar-refractivity contribution is 6.34. The van der Waals surface area contributed by atoms with Crippen molar-refractivity contribution >= 4 is 52.1 Å². The minimum Gasteiger partial charge on any atom is -0.320 e. The van der Waals surface area contributed by atoms with Gasteiger partial charge in [-0.25, -0.2) is 4.98 Å². The molecule has 16 heteroatoms. The molecule has 3 aromatic rings. The first kappa shape index (κ1) is 26.6. The molecule has 1 aromatic heterocycles. The van der Waals surface area contributed by atoms with Gasteiger partial charge in [0.25, 0.3) is 11.2 Å². The Morgan fingerprint density at radius 1 is 0.971 bits per heavy atom. The van der Waals surface area contributed by atoms with Gasteiger partial charge in [0, 0.05) is 16.1 Å². The monoisotopic (exact) mass is 560 g/mol. The summed E-state index contributed by atoms with van der Waals surface area (Å²) in [7, 11) is 0. The van der Waals surface area contributed by atoms with Crippen LogP contribution in [0.2, 0.25) is 15.1 Å². The van der Waals surface area contributed by atoms with E-state index < -0.39 is 63.0 Å². The molecule has 2 aromatic carbocycles. The number of nitro benzene ring substituents is 1. The van der Waals surface area contributed by atoms with Crippen molar-refractivity contribution in [1.29, 1.82) is 0 Å². The molecule has 3 rings (SSSR count). The molecule has 186 valence electrons. The Morgan fingerprint density at radius 3 is 2.09 bits per heavy atom. The van der Waals surface area contributed by atoms with Gasteiger partial charge in [0.15, 0.2) is 5.69 Å². The summed E-state index contributed by atoms with van der Waals surface area (Å²) in [6.07, 6.45) is -10.1. The SMILES string of the molecule is O=c1c(Cl)c(C(F)(F)F)nc(Nc2ccc(C(F)(F)F)cc2[N+](=O)[O-])n1Cc1cc(Cl)cc(Cl)c1. The largest absolute Gasteiger partial charge is 0.435 e. The molecular formula is C19H9Cl3F6N4O3. The Hall–Kier alpha value is -3.03. The summed E-state index contributed by atoms with van der Waals surface area (Å²) in [5, 5.41) is 12.5. The van der Waals surface area contributed by atoms with Crippen molar-refractivity contribution < 1.29 is 31.3 Å². The number of nitro groups is 1. The van der Waals surface area contributed by atoms with Crippen LogP contribution in [0.25, 0.3) is 0 Å². The van der Waals surface area contributed by atoms with Crippen LogP contribution in [0.15, 0.2) is 41.2 Å². The average Bonchev–Trinajstić information content (AvgIpc) is 2.71. The lowest BCUT2D eigenvalue weighted by Gasteiger charge is -2.18. The third kappa shape index (κ3) is 5.97. The van der Waals surface area contributed by atoms with E-state index in [4.69, 9.17) is 34.8 Å². The zero-order valence-electron chi connectivity index (χ0n) is 16.6. The van der Waals surface area contributed by atoms with Gasteiger partial charge in [0.05, 0.1) is 17.0 Å². The summed E-state index contributed by atoms with van der Waals surface area (Å²) in [6, 6.07) is 5.27. The molecule has 0 saturated heterocycles. The zero-order valence-corrected chi connectivity index (χ0v) is 18.9. The normalized spacial score (nSPS) is 12.0. The lowest BCUT2D eigenvalue weighted by Crippen LogP contribution is -2.29. The number of benzene rings is 2. The van der Waals surface area contributed by atoms with Crippen molar-refractivity contribution in [3.63, 3.8) is 0 Å². The second-order valence-corrected chi connectivity index (χ2v) is 8.13. The van der Waals surface area contributed by atoms with Crippen LogP contribution in [0, 0.1) is 10.1 Å². The third-order valence-electron chi connectivity index (χ3n) is 4.41. The van der Waals surface area contributed by atoms with Crippen LogP contribution in [0.5, 0.6) is 0 Å². The highest BCUT2D eigenvalue weighted by atomic mass is 35.5. The van der Waals surface area contributed by atoms with Gasteiger partial charge < -0.3 is 5.32 Å². The fraction of sp³-hybridized carbons (Fsp3) is 0.158. The molecular weight excluding hydrogens is 553 g/mol. The van der Waals surface area contributed by atoms with Crippen LogP contribution < -0.4 is 10.9 Å². The van der Waals surface area contributed by atoms with Crippen molar-refractivity contribution in [1.82, 2.24) is 9.55 Å². The van der Waals surface area contributed by atoms with Gasteiger partial charge in [-0.2, -0.15) is 26.3 Å². The maximum atomic E-state index is 13.4. The Kier molecular flexibility index (Phi) is 7.25. The molecule has 1 heterocycles. The first-order valence-electron chi connectivity index (χ1n) is 9.03. The molecule has 0 spiro atoms. The number of aromatic nitrogens is 2. The van der Waals surface area contributed by atoms with E-state index in [1.165, 1.54) is 18.2 Å². The van der Waals surface area contributed by atoms with Gasteiger partial charge >= 0.3 is 12.4 Å². The number of rotatable bonds is 5. The van der Waals surface area contributed by atoms with E-state index in [1.807, 2.05) is 0 Å². The van der Waals surface area contributed by atoms with Gasteiger partial charge in [-0.1, -0.05) is 34.8 Å². The van der Waals surface area contributed by atoms with Crippen molar-refractivity contribution in [2.45, 2.75) is 18.9 Å². The molecule has 0 aliphatic carbocycles. The van der Waals surface area contributed by atoms with E-state index in [1.54, 1.807) is 0 Å². The first-order valence-corrected chi connectivity index (χ1v) is 10.2. The fourth-order valence-corrected chi connectivity index (χ4v) is 3.75. The van der Waals surface area contributed by atoms with Crippen LogP contribution in [-0.4, -0.2) is 14.5 Å². The summed E-state index contributed by atoms with van der Waals surface area (Å²) in [4.78, 5) is 26.2. The van der Waals surface area contributed by atoms with Crippen LogP contribution in [0.3, 0.4) is 0 Å². The Morgan fingerprint density at radius 2 is 1.57 bits per heavy atom. The van der Waals surface area contributed by atoms with Crippen LogP contribution >= 0.6 is 34.8 Å². The standard InChI is InChI=1S/C19H9Cl3F6N4O3/c20-10-3-8(4-11(21)6-10)7-31-16(33)14(22)15(19(26,27)28)30-17(31)29-12-2-1-9(18(23,24)25)5-13(12)32(34)35/h1-6H,7H2,(H,29,30). The smallest absolute Gasteiger partial charge is 0.320 e. The number of hydrogen-bond acceptors (Lipinski definition) is 5. The Labute approximate surface area is 206 Å². The van der Waals surface area contributed by atoms with Gasteiger partial charge in [-0.05, 0) is 35.9 Å². The topological polar surface area (TPSA) is 90.1 Å². The molecule has 0 fully saturated rings. The number of nitrogens with one attached hydrogen (secondary N) is 1. The highest BCUT2D eigenvalue weighted by Crippen LogP contribution is 2.37. The molecule has 35 heavy (non-hydrogen) atoms. The van der Waals surface area contributed by atoms with Crippen molar-refractivity contribution in [2.75, 3.05) is 5.32 Å². The molecule has 0 unspecified atom stereocenters. The quantitative estimate of drug-likeness (QED) is 0.207. The van der Waals surface area contributed by atoms with Gasteiger partial charge in [-0.15, -0.1) is 0 Å². The average molecular weight is 562 g/mol. The van der Waals surface area contributed by atoms with E-state index in [0.717, 1.165) is 0 Å². The Balaban J connectivity index is 2.22. The predicted molar refractivity (Wildman–Crippen MR) is 115 cm³/mol. The molecule has 1 N–H and O–H groups in total. The molecule has 0 aliphatic rings. The summed E-state index contributed by atoms with van der Waals surface area (Å²) < 4.78 is 79.8. The molecule has 0 bridgehead atoms. The summed E-state index contributed by atoms with van der Waals surface area (Å²) in [5.74, 6) is -0.884. The predicted octanol–water partition coefficient (Wildman–Crippen LogP) is 6.94. The number of alkyl halides is 6. The van der Waals surface area contributed by atoms with E-state index in [-0.39, 0.29) is 21.7 Å². The number of hydrogen-bond donors (Lipinski definition) is 1. The molecule has 7 nitrogen and oxygen atoms in total. The zero-order chi connectivity index (χ0) is 26.3. The van der Waals surface area contributed by atoms with Crippen LogP contribution in [0.4, 0.5) is 43.7 Å². The van der Waals surface area contributed by atoms with E-state index in [9.17, 15) is 41.3 Å². The van der Waals surface area contributed by atoms with Crippen molar-refractivity contribution in [3.05, 3.63) is 88.8 Å². The van der Waals surface area contributed by atoms with Crippen LogP contribution in [-0.2, 0) is 18.9 Å². The van der Waals surface area contributed by atoms with Crippen molar-refractivity contribution in [3.8, 4) is 0 Å². The van der Waals surface area contributed by atoms with Gasteiger partial charge in [0.1, 0.15) is 10.7 Å². The molecule has 0 atom stereocenters. The van der Waals surface area contributed by atoms with E-state index in [0.29, 0.717) is 16.7 Å². The lowest BCUT2D eigenvalue weighted by molar-refractivity contribution is -0.384. The van der Waals surface area contributed by atoms with Crippen LogP contribution in [0.1, 0.15) is 16.8 Å². The first-order chi connectivity index (χ1) is 16.1. The maximum absolute atomic E-state index is 13.4. The number of halogens is 9. The summed E-state index contributed by atoms with van der Waals surface area (Å²) in [6.45, 7) is -0.499. The fourth-order valence-electron chi connectivity index (χ4n) is 2.93. The lowest BCUT2D eigenvalue weighted by atomic mass is 10.1. The number of anilines is 2. The number of nitrogens with zero attached hydrogens (tertiary/aromatic N) is 3. The summed E-state index contributed by atoms with van der Waals surface area (Å²) in [5.41, 5.74) is -6.14. The Bertz CT molecular complexity index is 1360. The molecule has 0 aliphatic heterocycles. The molecule has 0 amide bonds. The second-order valence-electron chi connectivity index (χ2n) is 6.88. The van der Waals surface area contributed by atoms with Crippen molar-refractivity contribution in [2.24, 2.45) is 0 Å².